The van der Waals surface area contributed by atoms with Crippen LogP contribution in [0.15, 0.2) is 18.5 Å². The molecule has 2 fully saturated rings. The molecule has 36 heavy (non-hydrogen) atoms. The second kappa shape index (κ2) is 8.39. The number of Topliss-reactive ketones (excluding diaryl/α,β-unsaturated/α-hetero) is 1. The van der Waals surface area contributed by atoms with E-state index in [2.05, 4.69) is 25.6 Å². The van der Waals surface area contributed by atoms with Crippen LogP contribution in [0.25, 0.3) is 11.3 Å². The van der Waals surface area contributed by atoms with Gasteiger partial charge in [0.1, 0.15) is 17.2 Å². The first-order chi connectivity index (χ1) is 18.5. The predicted molar refractivity (Wildman–Crippen MR) is 137 cm³/mol. The fraction of sp³-hybridized carbons (Fsp3) is 0.462. The van der Waals surface area contributed by atoms with Gasteiger partial charge < -0.3 is 15.5 Å². The van der Waals surface area contributed by atoms with Gasteiger partial charge in [0, 0.05) is 54.6 Å². The monoisotopic (exact) mass is 489 g/mol. The summed E-state index contributed by atoms with van der Waals surface area (Å²) < 4.78 is 22.8. The van der Waals surface area contributed by atoms with E-state index in [0.29, 0.717) is 17.4 Å². The number of fused-ring (bicyclic) bond motifs is 3. The Kier molecular flexibility index (Phi) is 4.52. The molecule has 0 spiro atoms. The van der Waals surface area contributed by atoms with E-state index in [4.69, 9.17) is 14.2 Å². The Balaban J connectivity index is 1.45. The highest BCUT2D eigenvalue weighted by Crippen LogP contribution is 2.53. The van der Waals surface area contributed by atoms with Gasteiger partial charge in [-0.15, -0.1) is 0 Å². The predicted octanol–water partition coefficient (Wildman–Crippen LogP) is 4.35. The Hall–Kier alpha value is -3.82. The minimum Gasteiger partial charge on any atom is -0.363 e. The zero-order valence-corrected chi connectivity index (χ0v) is 20.5. The number of ketones is 1. The van der Waals surface area contributed by atoms with Crippen molar-refractivity contribution in [2.45, 2.75) is 57.8 Å². The van der Waals surface area contributed by atoms with E-state index in [1.165, 1.54) is 6.20 Å². The number of carbonyl (C=O) groups excluding carboxylic acids is 2. The summed E-state index contributed by atoms with van der Waals surface area (Å²) in [6, 6.07) is 1.48. The van der Waals surface area contributed by atoms with Crippen LogP contribution < -0.4 is 15.5 Å². The number of carbonyl (C=O) groups is 2. The van der Waals surface area contributed by atoms with Crippen molar-refractivity contribution in [2.75, 3.05) is 22.6 Å². The molecule has 0 unspecified atom stereocenters. The Morgan fingerprint density at radius 2 is 1.94 bits per heavy atom. The average Bonchev–Trinajstić information content (AvgIpc) is 3.78. The quantitative estimate of drug-likeness (QED) is 0.471. The molecule has 2 saturated carbocycles. The Labute approximate surface area is 213 Å². The largest absolute Gasteiger partial charge is 0.363 e. The zero-order valence-electron chi connectivity index (χ0n) is 23.5. The summed E-state index contributed by atoms with van der Waals surface area (Å²) >= 11 is 0. The van der Waals surface area contributed by atoms with Crippen molar-refractivity contribution in [1.29, 1.82) is 0 Å². The number of nitrogens with zero attached hydrogens (tertiary/aromatic N) is 6. The highest BCUT2D eigenvalue weighted by atomic mass is 16.2. The van der Waals surface area contributed by atoms with Crippen molar-refractivity contribution in [1.82, 2.24) is 25.0 Å². The highest BCUT2D eigenvalue weighted by molar-refractivity contribution is 6.03. The van der Waals surface area contributed by atoms with Gasteiger partial charge in [-0.2, -0.15) is 15.0 Å². The zero-order chi connectivity index (χ0) is 27.6. The number of rotatable bonds is 7. The lowest BCUT2D eigenvalue weighted by Gasteiger charge is -2.34. The Morgan fingerprint density at radius 1 is 1.14 bits per heavy atom. The molecule has 0 saturated heterocycles. The van der Waals surface area contributed by atoms with E-state index in [1.54, 1.807) is 17.9 Å². The summed E-state index contributed by atoms with van der Waals surface area (Å²) in [7, 11) is 3.78. The number of aryl methyl sites for hydroxylation is 1. The molecule has 10 heteroatoms. The van der Waals surface area contributed by atoms with Crippen LogP contribution in [0, 0.1) is 5.92 Å². The maximum absolute atomic E-state index is 13.1. The van der Waals surface area contributed by atoms with Crippen molar-refractivity contribution < 1.29 is 13.7 Å². The van der Waals surface area contributed by atoms with E-state index in [-0.39, 0.29) is 29.2 Å². The molecule has 0 aromatic carbocycles. The Bertz CT molecular complexity index is 1490. The number of pyridine rings is 2. The Morgan fingerprint density at radius 3 is 2.67 bits per heavy atom. The summed E-state index contributed by atoms with van der Waals surface area (Å²) in [5.74, 6) is 0.447. The van der Waals surface area contributed by atoms with E-state index in [9.17, 15) is 9.59 Å². The third-order valence-electron chi connectivity index (χ3n) is 7.22. The molecule has 3 aliphatic rings. The van der Waals surface area contributed by atoms with Crippen LogP contribution >= 0.6 is 0 Å². The van der Waals surface area contributed by atoms with E-state index >= 15 is 0 Å². The number of anilines is 4. The van der Waals surface area contributed by atoms with Crippen molar-refractivity contribution in [3.63, 3.8) is 0 Å². The van der Waals surface area contributed by atoms with Gasteiger partial charge in [-0.1, -0.05) is 6.85 Å². The highest BCUT2D eigenvalue weighted by Gasteiger charge is 2.38. The van der Waals surface area contributed by atoms with E-state index < -0.39 is 19.1 Å². The summed E-state index contributed by atoms with van der Waals surface area (Å²) in [4.78, 5) is 38.2. The molecule has 6 rings (SSSR count). The van der Waals surface area contributed by atoms with Crippen LogP contribution in [-0.4, -0.2) is 43.7 Å². The van der Waals surface area contributed by atoms with Gasteiger partial charge in [-0.3, -0.25) is 9.59 Å². The third kappa shape index (κ3) is 3.81. The molecule has 0 radical (unpaired) electrons. The van der Waals surface area contributed by atoms with Crippen molar-refractivity contribution in [3.8, 4) is 11.3 Å². The number of hydrogen-bond donors (Lipinski definition) is 2. The van der Waals surface area contributed by atoms with Crippen LogP contribution in [0.5, 0.6) is 0 Å². The molecule has 2 aliphatic carbocycles. The minimum atomic E-state index is -2.44. The van der Waals surface area contributed by atoms with E-state index in [1.807, 2.05) is 20.2 Å². The van der Waals surface area contributed by atoms with Crippen LogP contribution in [-0.2, 0) is 11.8 Å². The SMILES string of the molecule is [2H]C([2H])([2H])CC(=O)c1cnc(NC(=O)C2CC2)cc1Nc1ncc(C2CC2)c2c1N(C)[C@H](C)c1nn(C)nc1-2. The topological polar surface area (TPSA) is 118 Å². The molecule has 3 aromatic rings. The van der Waals surface area contributed by atoms with Crippen molar-refractivity contribution in [3.05, 3.63) is 35.3 Å². The van der Waals surface area contributed by atoms with Crippen LogP contribution in [0.1, 0.15) is 83.6 Å². The summed E-state index contributed by atoms with van der Waals surface area (Å²) in [6.07, 6.45) is 6.37. The molecule has 2 N–H and O–H groups in total. The standard InChI is InChI=1S/C26H30N8O2/c1-5-19(35)17-12-27-20(30-26(36)15-8-9-15)10-18(17)29-25-24-21(16(11-28-25)14-6-7-14)23-22(13(2)33(24)3)31-34(4)32-23/h10-15H,5-9H2,1-4H3,(H2,27,28,29,30,36)/t13-/m1/s1/i1D3. The number of aromatic nitrogens is 5. The maximum atomic E-state index is 13.1. The number of hydrogen-bond acceptors (Lipinski definition) is 8. The summed E-state index contributed by atoms with van der Waals surface area (Å²) in [5.41, 5.74) is 5.04. The molecule has 1 amide bonds. The number of amides is 1. The lowest BCUT2D eigenvalue weighted by molar-refractivity contribution is -0.117. The smallest absolute Gasteiger partial charge is 0.228 e. The molecule has 10 nitrogen and oxygen atoms in total. The first-order valence-corrected chi connectivity index (χ1v) is 12.3. The van der Waals surface area contributed by atoms with Gasteiger partial charge in [0.2, 0.25) is 5.91 Å². The third-order valence-corrected chi connectivity index (χ3v) is 7.22. The molecule has 1 atom stereocenters. The van der Waals surface area contributed by atoms with Crippen molar-refractivity contribution in [2.24, 2.45) is 13.0 Å². The first-order valence-electron chi connectivity index (χ1n) is 13.8. The maximum Gasteiger partial charge on any atom is 0.228 e. The van der Waals surface area contributed by atoms with Crippen LogP contribution in [0.2, 0.25) is 0 Å². The van der Waals surface area contributed by atoms with Crippen molar-refractivity contribution >= 4 is 34.7 Å². The molecule has 4 heterocycles. The fourth-order valence-corrected chi connectivity index (χ4v) is 4.81. The molecule has 1 aliphatic heterocycles. The summed E-state index contributed by atoms with van der Waals surface area (Å²) in [5, 5.41) is 15.4. The second-order valence-corrected chi connectivity index (χ2v) is 9.87. The summed E-state index contributed by atoms with van der Waals surface area (Å²) in [6.45, 7) is -0.387. The molecular weight excluding hydrogens is 456 g/mol. The second-order valence-electron chi connectivity index (χ2n) is 9.87. The normalized spacial score (nSPS) is 20.0. The van der Waals surface area contributed by atoms with Gasteiger partial charge in [0.05, 0.1) is 23.0 Å². The molecular formula is C26H30N8O2. The molecule has 186 valence electrons. The minimum absolute atomic E-state index is 0.0277. The first kappa shape index (κ1) is 19.4. The fourth-order valence-electron chi connectivity index (χ4n) is 4.81. The van der Waals surface area contributed by atoms with Gasteiger partial charge in [0.25, 0.3) is 0 Å². The lowest BCUT2D eigenvalue weighted by Crippen LogP contribution is -2.28. The lowest BCUT2D eigenvalue weighted by atomic mass is 9.93. The molecule has 3 aromatic heterocycles. The molecule has 0 bridgehead atoms. The van der Waals surface area contributed by atoms with Gasteiger partial charge in [-0.25, -0.2) is 9.97 Å². The number of nitrogens with one attached hydrogen (secondary N) is 2. The van der Waals surface area contributed by atoms with Crippen LogP contribution in [0.4, 0.5) is 23.0 Å². The van der Waals surface area contributed by atoms with Gasteiger partial charge in [-0.05, 0) is 44.1 Å². The van der Waals surface area contributed by atoms with Gasteiger partial charge >= 0.3 is 0 Å². The average molecular weight is 490 g/mol. The van der Waals surface area contributed by atoms with Crippen LogP contribution in [0.3, 0.4) is 0 Å². The van der Waals surface area contributed by atoms with E-state index in [0.717, 1.165) is 53.9 Å². The van der Waals surface area contributed by atoms with Gasteiger partial charge in [0.15, 0.2) is 11.6 Å².